The lowest BCUT2D eigenvalue weighted by Gasteiger charge is -2.34. The SMILES string of the molecule is CNC(=O)c1cc(O[C@@H]2CCCN(C(=O)[C@@H](C)Cc3c(C)noc3C)C2)ccn1. The van der Waals surface area contributed by atoms with Gasteiger partial charge in [-0.15, -0.1) is 0 Å². The molecule has 1 aliphatic rings. The lowest BCUT2D eigenvalue weighted by molar-refractivity contribution is -0.137. The van der Waals surface area contributed by atoms with Gasteiger partial charge in [-0.1, -0.05) is 12.1 Å². The second-order valence-electron chi connectivity index (χ2n) is 7.53. The first-order valence-corrected chi connectivity index (χ1v) is 9.94. The van der Waals surface area contributed by atoms with Gasteiger partial charge in [0.1, 0.15) is 23.3 Å². The van der Waals surface area contributed by atoms with Gasteiger partial charge in [0.15, 0.2) is 0 Å². The topological polar surface area (TPSA) is 97.6 Å². The van der Waals surface area contributed by atoms with E-state index in [2.05, 4.69) is 15.5 Å². The molecule has 2 aromatic rings. The van der Waals surface area contributed by atoms with E-state index in [1.54, 1.807) is 25.4 Å². The van der Waals surface area contributed by atoms with E-state index in [1.165, 1.54) is 0 Å². The third kappa shape index (κ3) is 4.93. The molecular formula is C21H28N4O4. The summed E-state index contributed by atoms with van der Waals surface area (Å²) in [7, 11) is 1.56. The van der Waals surface area contributed by atoms with E-state index in [0.29, 0.717) is 24.4 Å². The quantitative estimate of drug-likeness (QED) is 0.799. The van der Waals surface area contributed by atoms with E-state index < -0.39 is 0 Å². The normalized spacial score (nSPS) is 17.7. The maximum atomic E-state index is 13.0. The number of pyridine rings is 1. The molecule has 2 amide bonds. The number of likely N-dealkylation sites (tertiary alicyclic amines) is 1. The van der Waals surface area contributed by atoms with Crippen molar-refractivity contribution in [2.24, 2.45) is 5.92 Å². The number of carbonyl (C=O) groups is 2. The van der Waals surface area contributed by atoms with Gasteiger partial charge < -0.3 is 19.5 Å². The molecule has 1 N–H and O–H groups in total. The fourth-order valence-corrected chi connectivity index (χ4v) is 3.66. The van der Waals surface area contributed by atoms with E-state index in [-0.39, 0.29) is 23.8 Å². The van der Waals surface area contributed by atoms with Crippen LogP contribution in [0.2, 0.25) is 0 Å². The van der Waals surface area contributed by atoms with Crippen molar-refractivity contribution in [3.05, 3.63) is 41.0 Å². The largest absolute Gasteiger partial charge is 0.488 e. The Labute approximate surface area is 170 Å². The molecule has 0 aliphatic carbocycles. The van der Waals surface area contributed by atoms with Crippen molar-refractivity contribution in [1.29, 1.82) is 0 Å². The van der Waals surface area contributed by atoms with Crippen LogP contribution in [0.4, 0.5) is 0 Å². The molecule has 0 unspecified atom stereocenters. The molecule has 1 aliphatic heterocycles. The number of nitrogens with one attached hydrogen (secondary N) is 1. The summed E-state index contributed by atoms with van der Waals surface area (Å²) >= 11 is 0. The van der Waals surface area contributed by atoms with E-state index >= 15 is 0 Å². The van der Waals surface area contributed by atoms with Gasteiger partial charge in [0.2, 0.25) is 5.91 Å². The number of piperidine rings is 1. The summed E-state index contributed by atoms with van der Waals surface area (Å²) in [6.45, 7) is 6.97. The monoisotopic (exact) mass is 400 g/mol. The van der Waals surface area contributed by atoms with Gasteiger partial charge in [0.25, 0.3) is 5.91 Å². The van der Waals surface area contributed by atoms with Crippen LogP contribution in [-0.2, 0) is 11.2 Å². The van der Waals surface area contributed by atoms with Gasteiger partial charge in [-0.3, -0.25) is 14.6 Å². The molecule has 0 bridgehead atoms. The van der Waals surface area contributed by atoms with Gasteiger partial charge in [-0.2, -0.15) is 0 Å². The molecule has 1 saturated heterocycles. The number of amides is 2. The van der Waals surface area contributed by atoms with Crippen molar-refractivity contribution in [1.82, 2.24) is 20.4 Å². The zero-order chi connectivity index (χ0) is 21.0. The summed E-state index contributed by atoms with van der Waals surface area (Å²) in [5.74, 6) is 1.04. The van der Waals surface area contributed by atoms with Crippen LogP contribution in [0.1, 0.15) is 47.3 Å². The zero-order valence-electron chi connectivity index (χ0n) is 17.4. The number of carbonyl (C=O) groups excluding carboxylic acids is 2. The summed E-state index contributed by atoms with van der Waals surface area (Å²) in [6, 6.07) is 3.35. The fourth-order valence-electron chi connectivity index (χ4n) is 3.66. The fraction of sp³-hybridized carbons (Fsp3) is 0.524. The Bertz CT molecular complexity index is 860. The number of hydrogen-bond donors (Lipinski definition) is 1. The lowest BCUT2D eigenvalue weighted by atomic mass is 9.97. The highest BCUT2D eigenvalue weighted by molar-refractivity contribution is 5.92. The predicted molar refractivity (Wildman–Crippen MR) is 107 cm³/mol. The van der Waals surface area contributed by atoms with E-state index in [1.807, 2.05) is 25.7 Å². The first kappa shape index (κ1) is 20.8. The molecule has 3 heterocycles. The zero-order valence-corrected chi connectivity index (χ0v) is 17.4. The summed E-state index contributed by atoms with van der Waals surface area (Å²) in [5.41, 5.74) is 2.16. The van der Waals surface area contributed by atoms with Crippen LogP contribution < -0.4 is 10.1 Å². The molecule has 1 fully saturated rings. The maximum absolute atomic E-state index is 13.0. The Balaban J connectivity index is 1.61. The highest BCUT2D eigenvalue weighted by Gasteiger charge is 2.29. The Morgan fingerprint density at radius 1 is 1.41 bits per heavy atom. The van der Waals surface area contributed by atoms with Crippen LogP contribution in [0.25, 0.3) is 0 Å². The summed E-state index contributed by atoms with van der Waals surface area (Å²) in [6.07, 6.45) is 3.79. The first-order valence-electron chi connectivity index (χ1n) is 9.94. The average Bonchev–Trinajstić information content (AvgIpc) is 3.05. The Kier molecular flexibility index (Phi) is 6.51. The summed E-state index contributed by atoms with van der Waals surface area (Å²) in [4.78, 5) is 30.7. The number of rotatable bonds is 6. The second kappa shape index (κ2) is 9.07. The van der Waals surface area contributed by atoms with Crippen molar-refractivity contribution >= 4 is 11.8 Å². The molecule has 8 nitrogen and oxygen atoms in total. The van der Waals surface area contributed by atoms with Crippen molar-refractivity contribution in [3.8, 4) is 5.75 Å². The van der Waals surface area contributed by atoms with Crippen LogP contribution in [0.15, 0.2) is 22.9 Å². The molecule has 156 valence electrons. The van der Waals surface area contributed by atoms with Gasteiger partial charge in [-0.25, -0.2) is 0 Å². The molecule has 2 aromatic heterocycles. The Hall–Kier alpha value is -2.90. The smallest absolute Gasteiger partial charge is 0.269 e. The van der Waals surface area contributed by atoms with Crippen molar-refractivity contribution in [2.75, 3.05) is 20.1 Å². The third-order valence-corrected chi connectivity index (χ3v) is 5.30. The minimum atomic E-state index is -0.260. The molecule has 29 heavy (non-hydrogen) atoms. The van der Waals surface area contributed by atoms with E-state index in [4.69, 9.17) is 9.26 Å². The molecule has 8 heteroatoms. The minimum Gasteiger partial charge on any atom is -0.488 e. The van der Waals surface area contributed by atoms with Gasteiger partial charge in [-0.05, 0) is 39.2 Å². The second-order valence-corrected chi connectivity index (χ2v) is 7.53. The van der Waals surface area contributed by atoms with Crippen LogP contribution in [0.5, 0.6) is 5.75 Å². The van der Waals surface area contributed by atoms with Crippen molar-refractivity contribution in [3.63, 3.8) is 0 Å². The molecule has 0 radical (unpaired) electrons. The number of aryl methyl sites for hydroxylation is 2. The Morgan fingerprint density at radius 3 is 2.90 bits per heavy atom. The maximum Gasteiger partial charge on any atom is 0.269 e. The molecule has 2 atom stereocenters. The van der Waals surface area contributed by atoms with Crippen LogP contribution in [0, 0.1) is 19.8 Å². The first-order chi connectivity index (χ1) is 13.9. The predicted octanol–water partition coefficient (Wildman–Crippen LogP) is 2.29. The molecule has 0 spiro atoms. The standard InChI is InChI=1S/C21H28N4O4/c1-13(10-18-14(2)24-29-15(18)3)21(27)25-9-5-6-17(12-25)28-16-7-8-23-19(11-16)20(26)22-4/h7-8,11,13,17H,5-6,9-10,12H2,1-4H3,(H,22,26)/t13-,17+/m0/s1. The number of aromatic nitrogens is 2. The summed E-state index contributed by atoms with van der Waals surface area (Å²) in [5, 5.41) is 6.52. The third-order valence-electron chi connectivity index (χ3n) is 5.30. The van der Waals surface area contributed by atoms with E-state index in [9.17, 15) is 9.59 Å². The van der Waals surface area contributed by atoms with E-state index in [0.717, 1.165) is 36.4 Å². The van der Waals surface area contributed by atoms with Gasteiger partial charge >= 0.3 is 0 Å². The lowest BCUT2D eigenvalue weighted by Crippen LogP contribution is -2.46. The van der Waals surface area contributed by atoms with Gasteiger partial charge in [0, 0.05) is 37.3 Å². The molecule has 3 rings (SSSR count). The number of ether oxygens (including phenoxy) is 1. The van der Waals surface area contributed by atoms with Crippen LogP contribution in [-0.4, -0.2) is 53.1 Å². The summed E-state index contributed by atoms with van der Waals surface area (Å²) < 4.78 is 11.3. The van der Waals surface area contributed by atoms with Crippen LogP contribution in [0.3, 0.4) is 0 Å². The average molecular weight is 400 g/mol. The molecule has 0 saturated carbocycles. The molecular weight excluding hydrogens is 372 g/mol. The Morgan fingerprint density at radius 2 is 2.21 bits per heavy atom. The van der Waals surface area contributed by atoms with Gasteiger partial charge in [0.05, 0.1) is 12.2 Å². The molecule has 0 aromatic carbocycles. The number of nitrogens with zero attached hydrogens (tertiary/aromatic N) is 3. The van der Waals surface area contributed by atoms with Crippen molar-refractivity contribution in [2.45, 2.75) is 46.1 Å². The highest BCUT2D eigenvalue weighted by atomic mass is 16.5. The number of hydrogen-bond acceptors (Lipinski definition) is 6. The van der Waals surface area contributed by atoms with Crippen LogP contribution >= 0.6 is 0 Å². The minimum absolute atomic E-state index is 0.110. The highest BCUT2D eigenvalue weighted by Crippen LogP contribution is 2.22. The van der Waals surface area contributed by atoms with Crippen molar-refractivity contribution < 1.29 is 18.8 Å².